The molecule has 1 aliphatic rings. The summed E-state index contributed by atoms with van der Waals surface area (Å²) < 4.78 is 2.28. The van der Waals surface area contributed by atoms with Gasteiger partial charge < -0.3 is 0 Å². The predicted molar refractivity (Wildman–Crippen MR) is 58.9 cm³/mol. The van der Waals surface area contributed by atoms with Crippen LogP contribution < -0.4 is 0 Å². The quantitative estimate of drug-likeness (QED) is 0.701. The molecule has 0 radical (unpaired) electrons. The zero-order valence-corrected chi connectivity index (χ0v) is 9.18. The molecule has 2 aromatic rings. The van der Waals surface area contributed by atoms with Crippen LogP contribution in [0.25, 0.3) is 4.96 Å². The van der Waals surface area contributed by atoms with Gasteiger partial charge in [-0.25, -0.2) is 4.98 Å². The van der Waals surface area contributed by atoms with E-state index in [9.17, 15) is 0 Å². The number of aryl methyl sites for hydroxylation is 1. The largest absolute Gasteiger partial charge is 0.294 e. The van der Waals surface area contributed by atoms with Gasteiger partial charge in [-0.05, 0) is 25.2 Å². The van der Waals surface area contributed by atoms with Gasteiger partial charge in [0.05, 0.1) is 5.69 Å². The Morgan fingerprint density at radius 2 is 2.57 bits per heavy atom. The second-order valence-electron chi connectivity index (χ2n) is 4.08. The topological polar surface area (TPSA) is 17.3 Å². The van der Waals surface area contributed by atoms with E-state index in [0.29, 0.717) is 0 Å². The average molecular weight is 206 g/mol. The summed E-state index contributed by atoms with van der Waals surface area (Å²) in [5.41, 5.74) is 2.82. The highest BCUT2D eigenvalue weighted by molar-refractivity contribution is 7.15. The summed E-state index contributed by atoms with van der Waals surface area (Å²) in [6.07, 6.45) is 7.20. The number of thiazole rings is 1. The van der Waals surface area contributed by atoms with E-state index >= 15 is 0 Å². The maximum Gasteiger partial charge on any atom is 0.194 e. The van der Waals surface area contributed by atoms with Crippen LogP contribution >= 0.6 is 11.3 Å². The fourth-order valence-corrected chi connectivity index (χ4v) is 3.11. The number of fused-ring (bicyclic) bond motifs is 3. The fourth-order valence-electron chi connectivity index (χ4n) is 2.36. The first-order valence-electron chi connectivity index (χ1n) is 5.31. The van der Waals surface area contributed by atoms with Crippen LogP contribution in [-0.2, 0) is 12.8 Å². The molecule has 0 fully saturated rings. The highest BCUT2D eigenvalue weighted by Gasteiger charge is 2.22. The maximum absolute atomic E-state index is 4.66. The molecule has 1 aliphatic carbocycles. The minimum Gasteiger partial charge on any atom is -0.294 e. The molecule has 0 bridgehead atoms. The van der Waals surface area contributed by atoms with Gasteiger partial charge in [0.15, 0.2) is 4.96 Å². The third kappa shape index (κ3) is 1.12. The Kier molecular flexibility index (Phi) is 1.87. The third-order valence-electron chi connectivity index (χ3n) is 3.29. The fraction of sp³-hybridized carbons (Fsp3) is 0.545. The van der Waals surface area contributed by atoms with Crippen LogP contribution in [0.4, 0.5) is 0 Å². The van der Waals surface area contributed by atoms with Crippen LogP contribution in [0.3, 0.4) is 0 Å². The predicted octanol–water partition coefficient (Wildman–Crippen LogP) is 2.91. The van der Waals surface area contributed by atoms with Crippen LogP contribution in [0.2, 0.25) is 0 Å². The van der Waals surface area contributed by atoms with Gasteiger partial charge in [-0.15, -0.1) is 11.3 Å². The smallest absolute Gasteiger partial charge is 0.194 e. The van der Waals surface area contributed by atoms with Crippen molar-refractivity contribution in [3.05, 3.63) is 23.0 Å². The molecule has 0 aromatic carbocycles. The van der Waals surface area contributed by atoms with Crippen molar-refractivity contribution < 1.29 is 0 Å². The minimum absolute atomic E-state index is 0.877. The molecular formula is C11H14N2S. The van der Waals surface area contributed by atoms with E-state index in [2.05, 4.69) is 27.9 Å². The SMILES string of the molecule is CCC1CCc2nc3sccn3c2C1. The lowest BCUT2D eigenvalue weighted by Gasteiger charge is -2.19. The molecule has 0 saturated heterocycles. The second kappa shape index (κ2) is 3.09. The van der Waals surface area contributed by atoms with Gasteiger partial charge >= 0.3 is 0 Å². The van der Waals surface area contributed by atoms with Crippen LogP contribution in [0.5, 0.6) is 0 Å². The lowest BCUT2D eigenvalue weighted by molar-refractivity contribution is 0.435. The van der Waals surface area contributed by atoms with Gasteiger partial charge in [0.25, 0.3) is 0 Å². The molecular weight excluding hydrogens is 192 g/mol. The lowest BCUT2D eigenvalue weighted by Crippen LogP contribution is -2.14. The van der Waals surface area contributed by atoms with Crippen LogP contribution in [0, 0.1) is 5.92 Å². The normalized spacial score (nSPS) is 21.4. The number of rotatable bonds is 1. The van der Waals surface area contributed by atoms with Crippen molar-refractivity contribution in [3.63, 3.8) is 0 Å². The number of imidazole rings is 1. The Morgan fingerprint density at radius 3 is 3.43 bits per heavy atom. The Balaban J connectivity index is 2.11. The van der Waals surface area contributed by atoms with Crippen LogP contribution in [0.15, 0.2) is 11.6 Å². The van der Waals surface area contributed by atoms with Crippen molar-refractivity contribution in [3.8, 4) is 0 Å². The van der Waals surface area contributed by atoms with E-state index in [1.54, 1.807) is 11.3 Å². The molecule has 2 heterocycles. The van der Waals surface area contributed by atoms with Gasteiger partial charge in [-0.2, -0.15) is 0 Å². The lowest BCUT2D eigenvalue weighted by atomic mass is 9.88. The summed E-state index contributed by atoms with van der Waals surface area (Å²) in [5.74, 6) is 0.877. The summed E-state index contributed by atoms with van der Waals surface area (Å²) in [6, 6.07) is 0. The minimum atomic E-state index is 0.877. The molecule has 0 N–H and O–H groups in total. The second-order valence-corrected chi connectivity index (χ2v) is 4.95. The molecule has 3 rings (SSSR count). The maximum atomic E-state index is 4.66. The molecule has 14 heavy (non-hydrogen) atoms. The van der Waals surface area contributed by atoms with Gasteiger partial charge in [0, 0.05) is 17.3 Å². The molecule has 74 valence electrons. The van der Waals surface area contributed by atoms with E-state index in [1.165, 1.54) is 42.0 Å². The Bertz CT molecular complexity index is 455. The van der Waals surface area contributed by atoms with E-state index in [4.69, 9.17) is 0 Å². The molecule has 3 heteroatoms. The molecule has 0 spiro atoms. The Hall–Kier alpha value is -0.830. The Labute approximate surface area is 87.6 Å². The van der Waals surface area contributed by atoms with Crippen molar-refractivity contribution in [2.45, 2.75) is 32.6 Å². The number of hydrogen-bond donors (Lipinski definition) is 0. The monoisotopic (exact) mass is 206 g/mol. The summed E-state index contributed by atoms with van der Waals surface area (Å²) in [5, 5.41) is 2.12. The molecule has 2 aromatic heterocycles. The summed E-state index contributed by atoms with van der Waals surface area (Å²) >= 11 is 1.74. The van der Waals surface area contributed by atoms with Crippen molar-refractivity contribution in [2.75, 3.05) is 0 Å². The number of aromatic nitrogens is 2. The summed E-state index contributed by atoms with van der Waals surface area (Å²) in [6.45, 7) is 2.29. The first kappa shape index (κ1) is 8.48. The molecule has 0 saturated carbocycles. The van der Waals surface area contributed by atoms with Gasteiger partial charge in [0.2, 0.25) is 0 Å². The van der Waals surface area contributed by atoms with Crippen molar-refractivity contribution in [2.24, 2.45) is 5.92 Å². The van der Waals surface area contributed by atoms with Crippen molar-refractivity contribution in [1.82, 2.24) is 9.38 Å². The molecule has 1 atom stereocenters. The van der Waals surface area contributed by atoms with E-state index in [-0.39, 0.29) is 0 Å². The van der Waals surface area contributed by atoms with E-state index < -0.39 is 0 Å². The molecule has 0 amide bonds. The van der Waals surface area contributed by atoms with E-state index in [1.807, 2.05) is 0 Å². The van der Waals surface area contributed by atoms with Crippen molar-refractivity contribution in [1.29, 1.82) is 0 Å². The summed E-state index contributed by atoms with van der Waals surface area (Å²) in [7, 11) is 0. The first-order chi connectivity index (χ1) is 6.88. The highest BCUT2D eigenvalue weighted by atomic mass is 32.1. The van der Waals surface area contributed by atoms with Crippen LogP contribution in [0.1, 0.15) is 31.2 Å². The van der Waals surface area contributed by atoms with Gasteiger partial charge in [-0.3, -0.25) is 4.40 Å². The van der Waals surface area contributed by atoms with Gasteiger partial charge in [-0.1, -0.05) is 13.3 Å². The van der Waals surface area contributed by atoms with Crippen LogP contribution in [-0.4, -0.2) is 9.38 Å². The number of hydrogen-bond acceptors (Lipinski definition) is 2. The third-order valence-corrected chi connectivity index (χ3v) is 4.05. The highest BCUT2D eigenvalue weighted by Crippen LogP contribution is 2.29. The molecule has 2 nitrogen and oxygen atoms in total. The molecule has 1 unspecified atom stereocenters. The Morgan fingerprint density at radius 1 is 1.64 bits per heavy atom. The standard InChI is InChI=1S/C11H14N2S/c1-2-8-3-4-9-10(7-8)13-5-6-14-11(13)12-9/h5-6,8H,2-4,7H2,1H3. The van der Waals surface area contributed by atoms with Gasteiger partial charge in [0.1, 0.15) is 0 Å². The first-order valence-corrected chi connectivity index (χ1v) is 6.19. The van der Waals surface area contributed by atoms with E-state index in [0.717, 1.165) is 5.92 Å². The molecule has 0 aliphatic heterocycles. The number of nitrogens with zero attached hydrogens (tertiary/aromatic N) is 2. The zero-order valence-electron chi connectivity index (χ0n) is 8.36. The average Bonchev–Trinajstić information content (AvgIpc) is 2.76. The summed E-state index contributed by atoms with van der Waals surface area (Å²) in [4.78, 5) is 5.84. The zero-order chi connectivity index (χ0) is 9.54. The van der Waals surface area contributed by atoms with Crippen molar-refractivity contribution >= 4 is 16.3 Å².